The Morgan fingerprint density at radius 2 is 1.77 bits per heavy atom. The van der Waals surface area contributed by atoms with Crippen LogP contribution in [0.5, 0.6) is 5.75 Å². The number of aliphatic hydroxyl groups excluding tert-OH is 1. The Morgan fingerprint density at radius 1 is 1.07 bits per heavy atom. The van der Waals surface area contributed by atoms with Gasteiger partial charge in [-0.1, -0.05) is 26.2 Å². The van der Waals surface area contributed by atoms with Crippen LogP contribution in [0.1, 0.15) is 96.3 Å². The summed E-state index contributed by atoms with van der Waals surface area (Å²) in [7, 11) is 1.75. The molecule has 0 radical (unpaired) electrons. The third-order valence-corrected chi connectivity index (χ3v) is 8.51. The molecule has 0 aromatic heterocycles. The quantitative estimate of drug-likeness (QED) is 0.402. The van der Waals surface area contributed by atoms with Crippen molar-refractivity contribution in [2.75, 3.05) is 38.7 Å². The van der Waals surface area contributed by atoms with Gasteiger partial charge in [-0.05, 0) is 78.0 Å². The van der Waals surface area contributed by atoms with Gasteiger partial charge in [-0.25, -0.2) is 4.79 Å². The van der Waals surface area contributed by atoms with Crippen LogP contribution in [0.25, 0.3) is 0 Å². The Bertz CT molecular complexity index is 1060. The molecule has 0 saturated heterocycles. The van der Waals surface area contributed by atoms with E-state index < -0.39 is 6.04 Å². The maximum atomic E-state index is 14.3. The third kappa shape index (κ3) is 10.4. The summed E-state index contributed by atoms with van der Waals surface area (Å²) in [4.78, 5) is 43.2. The van der Waals surface area contributed by atoms with Gasteiger partial charge < -0.3 is 35.0 Å². The maximum Gasteiger partial charge on any atom is 0.317 e. The SMILES string of the molecule is CC(C)NC(=O)N(C)C[C@@H]1OCCCC[C@H](C)Oc2ccc(NC(=O)C3CCCCC3)cc2C(=O)N([C@@H](C)CO)C[C@@H]1C. The largest absolute Gasteiger partial charge is 0.490 e. The van der Waals surface area contributed by atoms with Crippen molar-refractivity contribution in [2.45, 2.75) is 110 Å². The molecule has 43 heavy (non-hydrogen) atoms. The molecular formula is C33H54N4O6. The number of nitrogens with one attached hydrogen (secondary N) is 2. The first-order valence-electron chi connectivity index (χ1n) is 16.2. The monoisotopic (exact) mass is 602 g/mol. The molecule has 3 N–H and O–H groups in total. The molecule has 1 aliphatic heterocycles. The predicted molar refractivity (Wildman–Crippen MR) is 168 cm³/mol. The second-order valence-corrected chi connectivity index (χ2v) is 12.8. The number of benzene rings is 1. The maximum absolute atomic E-state index is 14.3. The summed E-state index contributed by atoms with van der Waals surface area (Å²) in [5.41, 5.74) is 0.910. The van der Waals surface area contributed by atoms with Crippen molar-refractivity contribution in [3.8, 4) is 5.75 Å². The van der Waals surface area contributed by atoms with Gasteiger partial charge in [-0.2, -0.15) is 0 Å². The summed E-state index contributed by atoms with van der Waals surface area (Å²) < 4.78 is 12.6. The number of ether oxygens (including phenoxy) is 2. The summed E-state index contributed by atoms with van der Waals surface area (Å²) in [6.07, 6.45) is 7.10. The molecular weight excluding hydrogens is 548 g/mol. The van der Waals surface area contributed by atoms with Crippen LogP contribution in [0.15, 0.2) is 18.2 Å². The molecule has 1 heterocycles. The van der Waals surface area contributed by atoms with E-state index in [9.17, 15) is 19.5 Å². The van der Waals surface area contributed by atoms with E-state index in [2.05, 4.69) is 10.6 Å². The van der Waals surface area contributed by atoms with Crippen molar-refractivity contribution < 1.29 is 29.0 Å². The number of amides is 4. The zero-order valence-electron chi connectivity index (χ0n) is 27.1. The molecule has 0 unspecified atom stereocenters. The second kappa shape index (κ2) is 16.9. The molecule has 10 nitrogen and oxygen atoms in total. The smallest absolute Gasteiger partial charge is 0.317 e. The first kappa shape index (κ1) is 34.6. The van der Waals surface area contributed by atoms with Crippen molar-refractivity contribution in [1.82, 2.24) is 15.1 Å². The summed E-state index contributed by atoms with van der Waals surface area (Å²) in [5, 5.41) is 16.1. The van der Waals surface area contributed by atoms with Crippen molar-refractivity contribution in [1.29, 1.82) is 0 Å². The zero-order chi connectivity index (χ0) is 31.5. The summed E-state index contributed by atoms with van der Waals surface area (Å²) in [6, 6.07) is 4.63. The van der Waals surface area contributed by atoms with E-state index in [0.717, 1.165) is 51.4 Å². The molecule has 1 fully saturated rings. The Labute approximate surface area is 257 Å². The molecule has 4 amide bonds. The van der Waals surface area contributed by atoms with Gasteiger partial charge in [0, 0.05) is 50.3 Å². The van der Waals surface area contributed by atoms with Crippen LogP contribution in [-0.2, 0) is 9.53 Å². The molecule has 242 valence electrons. The van der Waals surface area contributed by atoms with Gasteiger partial charge in [0.1, 0.15) is 5.75 Å². The number of rotatable bonds is 7. The van der Waals surface area contributed by atoms with Crippen molar-refractivity contribution in [3.63, 3.8) is 0 Å². The van der Waals surface area contributed by atoms with E-state index in [4.69, 9.17) is 9.47 Å². The van der Waals surface area contributed by atoms with Gasteiger partial charge in [0.05, 0.1) is 30.4 Å². The lowest BCUT2D eigenvalue weighted by Gasteiger charge is -2.36. The minimum atomic E-state index is -0.476. The number of hydrogen-bond acceptors (Lipinski definition) is 6. The Kier molecular flexibility index (Phi) is 13.6. The number of hydrogen-bond donors (Lipinski definition) is 3. The normalized spacial score (nSPS) is 23.5. The van der Waals surface area contributed by atoms with Crippen molar-refractivity contribution in [2.24, 2.45) is 11.8 Å². The first-order valence-corrected chi connectivity index (χ1v) is 16.2. The van der Waals surface area contributed by atoms with Crippen LogP contribution >= 0.6 is 0 Å². The van der Waals surface area contributed by atoms with Crippen LogP contribution in [-0.4, -0.2) is 90.4 Å². The lowest BCUT2D eigenvalue weighted by molar-refractivity contribution is -0.120. The molecule has 3 rings (SSSR count). The molecule has 0 spiro atoms. The topological polar surface area (TPSA) is 120 Å². The van der Waals surface area contributed by atoms with Crippen LogP contribution in [0, 0.1) is 11.8 Å². The molecule has 1 saturated carbocycles. The molecule has 1 aromatic rings. The molecule has 1 aliphatic carbocycles. The fourth-order valence-electron chi connectivity index (χ4n) is 5.78. The summed E-state index contributed by atoms with van der Waals surface area (Å²) in [5.74, 6) is 0.00518. The average Bonchev–Trinajstić information content (AvgIpc) is 2.98. The minimum Gasteiger partial charge on any atom is -0.490 e. The molecule has 4 atom stereocenters. The Balaban J connectivity index is 1.91. The van der Waals surface area contributed by atoms with E-state index in [1.165, 1.54) is 0 Å². The molecule has 1 aromatic carbocycles. The van der Waals surface area contributed by atoms with Crippen molar-refractivity contribution >= 4 is 23.5 Å². The minimum absolute atomic E-state index is 0.0115. The van der Waals surface area contributed by atoms with Crippen molar-refractivity contribution in [3.05, 3.63) is 23.8 Å². The van der Waals surface area contributed by atoms with E-state index in [-0.39, 0.29) is 54.5 Å². The van der Waals surface area contributed by atoms with Gasteiger partial charge in [0.25, 0.3) is 5.91 Å². The number of anilines is 1. The standard InChI is InChI=1S/C33H54N4O6/c1-22(2)34-33(41)36(6)20-30-23(3)19-37(24(4)21-38)32(40)28-18-27(35-31(39)26-13-8-7-9-14-26)15-16-29(28)43-25(5)12-10-11-17-42-30/h15-16,18,22-26,30,38H,7-14,17,19-21H2,1-6H3,(H,34,41)(H,35,39)/t23-,24-,25-,30-/m0/s1. The number of carbonyl (C=O) groups excluding carboxylic acids is 3. The summed E-state index contributed by atoms with van der Waals surface area (Å²) in [6.45, 7) is 10.6. The fourth-order valence-corrected chi connectivity index (χ4v) is 5.78. The Hall–Kier alpha value is -2.85. The number of nitrogens with zero attached hydrogens (tertiary/aromatic N) is 2. The van der Waals surface area contributed by atoms with Crippen LogP contribution in [0.3, 0.4) is 0 Å². The van der Waals surface area contributed by atoms with E-state index in [1.807, 2.05) is 34.6 Å². The van der Waals surface area contributed by atoms with E-state index in [1.54, 1.807) is 35.0 Å². The molecule has 2 aliphatic rings. The Morgan fingerprint density at radius 3 is 2.44 bits per heavy atom. The van der Waals surface area contributed by atoms with Gasteiger partial charge in [0.2, 0.25) is 5.91 Å². The summed E-state index contributed by atoms with van der Waals surface area (Å²) >= 11 is 0. The van der Waals surface area contributed by atoms with Gasteiger partial charge in [0.15, 0.2) is 0 Å². The highest BCUT2D eigenvalue weighted by Gasteiger charge is 2.31. The lowest BCUT2D eigenvalue weighted by atomic mass is 9.88. The lowest BCUT2D eigenvalue weighted by Crippen LogP contribution is -2.49. The number of aliphatic hydroxyl groups is 1. The van der Waals surface area contributed by atoms with Crippen LogP contribution in [0.4, 0.5) is 10.5 Å². The fraction of sp³-hybridized carbons (Fsp3) is 0.727. The zero-order valence-corrected chi connectivity index (χ0v) is 27.1. The second-order valence-electron chi connectivity index (χ2n) is 12.8. The number of carbonyl (C=O) groups is 3. The number of urea groups is 1. The number of fused-ring (bicyclic) bond motifs is 1. The van der Waals surface area contributed by atoms with E-state index >= 15 is 0 Å². The molecule has 0 bridgehead atoms. The van der Waals surface area contributed by atoms with Crippen LogP contribution < -0.4 is 15.4 Å². The predicted octanol–water partition coefficient (Wildman–Crippen LogP) is 5.05. The first-order chi connectivity index (χ1) is 20.5. The highest BCUT2D eigenvalue weighted by molar-refractivity contribution is 6.00. The van der Waals surface area contributed by atoms with Gasteiger partial charge >= 0.3 is 6.03 Å². The average molecular weight is 603 g/mol. The van der Waals surface area contributed by atoms with Gasteiger partial charge in [-0.15, -0.1) is 0 Å². The number of likely N-dealkylation sites (N-methyl/N-ethyl adjacent to an activating group) is 1. The van der Waals surface area contributed by atoms with Gasteiger partial charge in [-0.3, -0.25) is 9.59 Å². The third-order valence-electron chi connectivity index (χ3n) is 8.51. The highest BCUT2D eigenvalue weighted by atomic mass is 16.5. The van der Waals surface area contributed by atoms with Crippen LogP contribution in [0.2, 0.25) is 0 Å². The highest BCUT2D eigenvalue weighted by Crippen LogP contribution is 2.30. The van der Waals surface area contributed by atoms with E-state index in [0.29, 0.717) is 36.7 Å². The molecule has 10 heteroatoms.